The van der Waals surface area contributed by atoms with E-state index in [1.807, 2.05) is 18.2 Å². The summed E-state index contributed by atoms with van der Waals surface area (Å²) in [5, 5.41) is 3.59. The highest BCUT2D eigenvalue weighted by molar-refractivity contribution is 5.94. The van der Waals surface area contributed by atoms with Crippen LogP contribution in [0.3, 0.4) is 0 Å². The van der Waals surface area contributed by atoms with E-state index >= 15 is 0 Å². The predicted molar refractivity (Wildman–Crippen MR) is 91.5 cm³/mol. The molecule has 1 aromatic carbocycles. The normalized spacial score (nSPS) is 21.3. The molecule has 4 nitrogen and oxygen atoms in total. The fraction of sp³-hybridized carbons (Fsp3) is 0.474. The van der Waals surface area contributed by atoms with Gasteiger partial charge in [0.25, 0.3) is 0 Å². The van der Waals surface area contributed by atoms with Crippen molar-refractivity contribution < 1.29 is 9.21 Å². The zero-order valence-electron chi connectivity index (χ0n) is 13.5. The van der Waals surface area contributed by atoms with Crippen LogP contribution in [0.25, 0.3) is 11.0 Å². The Kier molecular flexibility index (Phi) is 4.79. The van der Waals surface area contributed by atoms with Gasteiger partial charge in [-0.1, -0.05) is 38.0 Å². The SMILES string of the molecule is CCCC1CCC(C(=O)Nc2cc3ccccc3oc2=O)CC1. The number of fused-ring (bicyclic) bond motifs is 1. The van der Waals surface area contributed by atoms with Crippen LogP contribution in [0, 0.1) is 11.8 Å². The molecule has 1 heterocycles. The Balaban J connectivity index is 1.69. The second-order valence-electron chi connectivity index (χ2n) is 6.48. The van der Waals surface area contributed by atoms with Crippen LogP contribution >= 0.6 is 0 Å². The highest BCUT2D eigenvalue weighted by Gasteiger charge is 2.26. The summed E-state index contributed by atoms with van der Waals surface area (Å²) in [6, 6.07) is 9.00. The van der Waals surface area contributed by atoms with Gasteiger partial charge in [0.05, 0.1) is 0 Å². The lowest BCUT2D eigenvalue weighted by Crippen LogP contribution is -2.28. The standard InChI is InChI=1S/C19H23NO3/c1-2-5-13-8-10-14(11-9-13)18(21)20-16-12-15-6-3-4-7-17(15)23-19(16)22/h3-4,6-7,12-14H,2,5,8-11H2,1H3,(H,20,21). The van der Waals surface area contributed by atoms with Crippen molar-refractivity contribution in [3.63, 3.8) is 0 Å². The topological polar surface area (TPSA) is 59.3 Å². The third-order valence-corrected chi connectivity index (χ3v) is 4.81. The molecule has 1 N–H and O–H groups in total. The lowest BCUT2D eigenvalue weighted by Gasteiger charge is -2.27. The summed E-state index contributed by atoms with van der Waals surface area (Å²) in [6.45, 7) is 2.21. The molecule has 0 spiro atoms. The van der Waals surface area contributed by atoms with Crippen LogP contribution in [0.5, 0.6) is 0 Å². The first-order chi connectivity index (χ1) is 11.2. The van der Waals surface area contributed by atoms with Crippen LogP contribution in [0.1, 0.15) is 45.4 Å². The van der Waals surface area contributed by atoms with E-state index in [-0.39, 0.29) is 17.5 Å². The molecular weight excluding hydrogens is 290 g/mol. The number of carbonyl (C=O) groups is 1. The Morgan fingerprint density at radius 3 is 2.70 bits per heavy atom. The summed E-state index contributed by atoms with van der Waals surface area (Å²) in [7, 11) is 0. The summed E-state index contributed by atoms with van der Waals surface area (Å²) in [6.07, 6.45) is 6.50. The Morgan fingerprint density at radius 1 is 1.22 bits per heavy atom. The van der Waals surface area contributed by atoms with Crippen LogP contribution in [0.2, 0.25) is 0 Å². The molecule has 1 aliphatic rings. The number of hydrogen-bond acceptors (Lipinski definition) is 3. The van der Waals surface area contributed by atoms with Crippen molar-refractivity contribution in [2.24, 2.45) is 11.8 Å². The number of benzene rings is 1. The number of nitrogens with one attached hydrogen (secondary N) is 1. The van der Waals surface area contributed by atoms with Gasteiger partial charge >= 0.3 is 5.63 Å². The highest BCUT2D eigenvalue weighted by atomic mass is 16.4. The lowest BCUT2D eigenvalue weighted by atomic mass is 9.80. The minimum absolute atomic E-state index is 0.00831. The van der Waals surface area contributed by atoms with Gasteiger partial charge in [0, 0.05) is 11.3 Å². The summed E-state index contributed by atoms with van der Waals surface area (Å²) in [4.78, 5) is 24.4. The molecule has 1 amide bonds. The average molecular weight is 313 g/mol. The summed E-state index contributed by atoms with van der Waals surface area (Å²) >= 11 is 0. The molecule has 1 fully saturated rings. The molecule has 0 atom stereocenters. The Bertz CT molecular complexity index is 742. The Labute approximate surface area is 135 Å². The Morgan fingerprint density at radius 2 is 1.96 bits per heavy atom. The highest BCUT2D eigenvalue weighted by Crippen LogP contribution is 2.32. The first-order valence-electron chi connectivity index (χ1n) is 8.51. The van der Waals surface area contributed by atoms with Gasteiger partial charge < -0.3 is 9.73 Å². The van der Waals surface area contributed by atoms with Gasteiger partial charge in [0.15, 0.2) is 0 Å². The maximum Gasteiger partial charge on any atom is 0.360 e. The van der Waals surface area contributed by atoms with Crippen LogP contribution in [-0.4, -0.2) is 5.91 Å². The second kappa shape index (κ2) is 6.99. The van der Waals surface area contributed by atoms with Crippen molar-refractivity contribution in [2.45, 2.75) is 45.4 Å². The van der Waals surface area contributed by atoms with Crippen molar-refractivity contribution >= 4 is 22.6 Å². The van der Waals surface area contributed by atoms with E-state index in [0.717, 1.165) is 37.0 Å². The number of para-hydroxylation sites is 1. The smallest absolute Gasteiger partial charge is 0.360 e. The monoisotopic (exact) mass is 313 g/mol. The van der Waals surface area contributed by atoms with Gasteiger partial charge in [-0.15, -0.1) is 0 Å². The third kappa shape index (κ3) is 3.63. The quantitative estimate of drug-likeness (QED) is 0.854. The van der Waals surface area contributed by atoms with Gasteiger partial charge in [-0.05, 0) is 43.7 Å². The molecule has 1 aliphatic carbocycles. The van der Waals surface area contributed by atoms with E-state index < -0.39 is 5.63 Å². The maximum absolute atomic E-state index is 12.4. The molecule has 122 valence electrons. The van der Waals surface area contributed by atoms with Crippen LogP contribution in [0.4, 0.5) is 5.69 Å². The number of rotatable bonds is 4. The van der Waals surface area contributed by atoms with Crippen LogP contribution in [0.15, 0.2) is 39.5 Å². The Hall–Kier alpha value is -2.10. The maximum atomic E-state index is 12.4. The third-order valence-electron chi connectivity index (χ3n) is 4.81. The molecule has 23 heavy (non-hydrogen) atoms. The van der Waals surface area contributed by atoms with Crippen molar-refractivity contribution in [1.82, 2.24) is 0 Å². The fourth-order valence-corrected chi connectivity index (χ4v) is 3.51. The van der Waals surface area contributed by atoms with E-state index in [0.29, 0.717) is 5.58 Å². The minimum atomic E-state index is -0.489. The molecule has 4 heteroatoms. The molecule has 0 bridgehead atoms. The molecular formula is C19H23NO3. The number of anilines is 1. The largest absolute Gasteiger partial charge is 0.421 e. The van der Waals surface area contributed by atoms with Crippen LogP contribution < -0.4 is 10.9 Å². The van der Waals surface area contributed by atoms with Gasteiger partial charge in [-0.3, -0.25) is 4.79 Å². The van der Waals surface area contributed by atoms with Crippen LogP contribution in [-0.2, 0) is 4.79 Å². The second-order valence-corrected chi connectivity index (χ2v) is 6.48. The zero-order valence-corrected chi connectivity index (χ0v) is 13.5. The summed E-state index contributed by atoms with van der Waals surface area (Å²) in [5.41, 5.74) is 0.289. The number of amides is 1. The molecule has 0 aliphatic heterocycles. The number of hydrogen-bond donors (Lipinski definition) is 1. The van der Waals surface area contributed by atoms with Crippen molar-refractivity contribution in [2.75, 3.05) is 5.32 Å². The fourth-order valence-electron chi connectivity index (χ4n) is 3.51. The average Bonchev–Trinajstić information content (AvgIpc) is 2.56. The summed E-state index contributed by atoms with van der Waals surface area (Å²) in [5.74, 6) is 0.714. The first kappa shape index (κ1) is 15.8. The van der Waals surface area contributed by atoms with E-state index in [9.17, 15) is 9.59 Å². The molecule has 1 saturated carbocycles. The molecule has 0 radical (unpaired) electrons. The van der Waals surface area contributed by atoms with Crippen molar-refractivity contribution in [1.29, 1.82) is 0 Å². The molecule has 2 aromatic rings. The van der Waals surface area contributed by atoms with E-state index in [2.05, 4.69) is 12.2 Å². The first-order valence-corrected chi connectivity index (χ1v) is 8.51. The van der Waals surface area contributed by atoms with Gasteiger partial charge in [-0.25, -0.2) is 4.79 Å². The zero-order chi connectivity index (χ0) is 16.2. The predicted octanol–water partition coefficient (Wildman–Crippen LogP) is 4.34. The van der Waals surface area contributed by atoms with Gasteiger partial charge in [-0.2, -0.15) is 0 Å². The minimum Gasteiger partial charge on any atom is -0.421 e. The molecule has 0 unspecified atom stereocenters. The lowest BCUT2D eigenvalue weighted by molar-refractivity contribution is -0.121. The molecule has 1 aromatic heterocycles. The molecule has 3 rings (SSSR count). The van der Waals surface area contributed by atoms with E-state index in [4.69, 9.17) is 4.42 Å². The number of carbonyl (C=O) groups excluding carboxylic acids is 1. The molecule has 0 saturated heterocycles. The van der Waals surface area contributed by atoms with Gasteiger partial charge in [0.1, 0.15) is 11.3 Å². The van der Waals surface area contributed by atoms with E-state index in [1.165, 1.54) is 12.8 Å². The van der Waals surface area contributed by atoms with Gasteiger partial charge in [0.2, 0.25) is 5.91 Å². The van der Waals surface area contributed by atoms with Crippen molar-refractivity contribution in [3.05, 3.63) is 40.8 Å². The van der Waals surface area contributed by atoms with E-state index in [1.54, 1.807) is 12.1 Å². The summed E-state index contributed by atoms with van der Waals surface area (Å²) < 4.78 is 5.26. The van der Waals surface area contributed by atoms with Crippen molar-refractivity contribution in [3.8, 4) is 0 Å².